The lowest BCUT2D eigenvalue weighted by molar-refractivity contribution is 0.0461. The van der Waals surface area contributed by atoms with Gasteiger partial charge in [-0.05, 0) is 43.7 Å². The van der Waals surface area contributed by atoms with Crippen LogP contribution in [0.5, 0.6) is 0 Å². The second-order valence-corrected chi connectivity index (χ2v) is 8.19. The number of piperidine rings is 1. The monoisotopic (exact) mass is 385 g/mol. The first-order valence-corrected chi connectivity index (χ1v) is 10.5. The number of anilines is 1. The van der Waals surface area contributed by atoms with E-state index in [1.54, 1.807) is 0 Å². The SMILES string of the molecule is CC(C)c1noc([C@H](NC2CCN(c3ccccn3)CC2)C2CCOCC2)n1. The van der Waals surface area contributed by atoms with E-state index in [1.807, 2.05) is 12.3 Å². The fourth-order valence-corrected chi connectivity index (χ4v) is 4.14. The molecule has 2 aromatic rings. The van der Waals surface area contributed by atoms with Gasteiger partial charge >= 0.3 is 0 Å². The molecule has 2 aliphatic rings. The molecule has 0 aliphatic carbocycles. The minimum Gasteiger partial charge on any atom is -0.381 e. The molecule has 0 radical (unpaired) electrons. The molecule has 0 amide bonds. The molecule has 0 unspecified atom stereocenters. The number of pyridine rings is 1. The summed E-state index contributed by atoms with van der Waals surface area (Å²) in [5.74, 6) is 3.35. The van der Waals surface area contributed by atoms with Crippen LogP contribution in [-0.2, 0) is 4.74 Å². The van der Waals surface area contributed by atoms with Gasteiger partial charge in [0.25, 0.3) is 0 Å². The third-order valence-corrected chi connectivity index (χ3v) is 5.86. The van der Waals surface area contributed by atoms with E-state index in [2.05, 4.69) is 46.3 Å². The van der Waals surface area contributed by atoms with E-state index in [-0.39, 0.29) is 12.0 Å². The molecule has 2 aromatic heterocycles. The smallest absolute Gasteiger partial charge is 0.244 e. The van der Waals surface area contributed by atoms with Crippen molar-refractivity contribution in [3.8, 4) is 0 Å². The van der Waals surface area contributed by atoms with Crippen LogP contribution in [0.25, 0.3) is 0 Å². The van der Waals surface area contributed by atoms with E-state index < -0.39 is 0 Å². The highest BCUT2D eigenvalue weighted by Gasteiger charge is 2.33. The normalized spacial score (nSPS) is 20.6. The molecule has 28 heavy (non-hydrogen) atoms. The third-order valence-electron chi connectivity index (χ3n) is 5.86. The number of ether oxygens (including phenoxy) is 1. The topological polar surface area (TPSA) is 76.3 Å². The van der Waals surface area contributed by atoms with E-state index in [9.17, 15) is 0 Å². The van der Waals surface area contributed by atoms with Crippen molar-refractivity contribution in [3.63, 3.8) is 0 Å². The van der Waals surface area contributed by atoms with Crippen LogP contribution in [0.1, 0.15) is 63.2 Å². The van der Waals surface area contributed by atoms with Crippen LogP contribution in [0.2, 0.25) is 0 Å². The Labute approximate surface area is 166 Å². The summed E-state index contributed by atoms with van der Waals surface area (Å²) in [5, 5.41) is 8.07. The first-order chi connectivity index (χ1) is 13.7. The van der Waals surface area contributed by atoms with Crippen molar-refractivity contribution in [2.24, 2.45) is 5.92 Å². The highest BCUT2D eigenvalue weighted by atomic mass is 16.5. The van der Waals surface area contributed by atoms with Gasteiger partial charge in [0.05, 0.1) is 6.04 Å². The number of hydrogen-bond acceptors (Lipinski definition) is 7. The number of nitrogens with one attached hydrogen (secondary N) is 1. The first kappa shape index (κ1) is 19.3. The van der Waals surface area contributed by atoms with E-state index in [1.165, 1.54) is 0 Å². The lowest BCUT2D eigenvalue weighted by Crippen LogP contribution is -2.46. The van der Waals surface area contributed by atoms with E-state index in [4.69, 9.17) is 14.2 Å². The molecule has 1 N–H and O–H groups in total. The van der Waals surface area contributed by atoms with Crippen LogP contribution in [0.15, 0.2) is 28.9 Å². The van der Waals surface area contributed by atoms with E-state index in [0.29, 0.717) is 12.0 Å². The van der Waals surface area contributed by atoms with Gasteiger partial charge in [-0.2, -0.15) is 4.98 Å². The van der Waals surface area contributed by atoms with Gasteiger partial charge in [0.1, 0.15) is 5.82 Å². The molecule has 0 saturated carbocycles. The Kier molecular flexibility index (Phi) is 6.22. The van der Waals surface area contributed by atoms with Gasteiger partial charge in [0, 0.05) is 44.5 Å². The molecule has 2 fully saturated rings. The lowest BCUT2D eigenvalue weighted by Gasteiger charge is -2.37. The molecule has 0 spiro atoms. The van der Waals surface area contributed by atoms with Crippen molar-refractivity contribution in [1.82, 2.24) is 20.4 Å². The quantitative estimate of drug-likeness (QED) is 0.817. The highest BCUT2D eigenvalue weighted by molar-refractivity contribution is 5.38. The molecule has 7 heteroatoms. The molecule has 4 heterocycles. The zero-order valence-electron chi connectivity index (χ0n) is 16.9. The number of rotatable bonds is 6. The second kappa shape index (κ2) is 9.01. The van der Waals surface area contributed by atoms with Crippen LogP contribution < -0.4 is 10.2 Å². The van der Waals surface area contributed by atoms with E-state index >= 15 is 0 Å². The Morgan fingerprint density at radius 2 is 1.89 bits per heavy atom. The fourth-order valence-electron chi connectivity index (χ4n) is 4.14. The van der Waals surface area contributed by atoms with Gasteiger partial charge in [-0.3, -0.25) is 0 Å². The molecule has 152 valence electrons. The van der Waals surface area contributed by atoms with Gasteiger partial charge in [-0.1, -0.05) is 25.1 Å². The maximum atomic E-state index is 5.69. The number of nitrogens with zero attached hydrogens (tertiary/aromatic N) is 4. The largest absolute Gasteiger partial charge is 0.381 e. The van der Waals surface area contributed by atoms with Gasteiger partial charge in [-0.25, -0.2) is 4.98 Å². The molecular formula is C21H31N5O2. The molecule has 0 aromatic carbocycles. The Bertz CT molecular complexity index is 721. The predicted octanol–water partition coefficient (Wildman–Crippen LogP) is 3.31. The fraction of sp³-hybridized carbons (Fsp3) is 0.667. The molecule has 1 atom stereocenters. The lowest BCUT2D eigenvalue weighted by atomic mass is 9.90. The molecular weight excluding hydrogens is 354 g/mol. The van der Waals surface area contributed by atoms with Crippen LogP contribution >= 0.6 is 0 Å². The zero-order valence-corrected chi connectivity index (χ0v) is 16.9. The number of aromatic nitrogens is 3. The van der Waals surface area contributed by atoms with Gasteiger partial charge in [0.15, 0.2) is 5.82 Å². The maximum absolute atomic E-state index is 5.69. The zero-order chi connectivity index (χ0) is 19.3. The minimum atomic E-state index is 0.107. The average Bonchev–Trinajstić information content (AvgIpc) is 3.24. The van der Waals surface area contributed by atoms with Crippen molar-refractivity contribution >= 4 is 5.82 Å². The summed E-state index contributed by atoms with van der Waals surface area (Å²) in [7, 11) is 0. The van der Waals surface area contributed by atoms with Gasteiger partial charge < -0.3 is 19.5 Å². The molecule has 4 rings (SSSR count). The summed E-state index contributed by atoms with van der Waals surface area (Å²) in [4.78, 5) is 11.6. The van der Waals surface area contributed by atoms with Crippen molar-refractivity contribution in [3.05, 3.63) is 36.1 Å². The molecule has 2 aliphatic heterocycles. The molecule has 7 nitrogen and oxygen atoms in total. The first-order valence-electron chi connectivity index (χ1n) is 10.5. The Morgan fingerprint density at radius 3 is 2.54 bits per heavy atom. The van der Waals surface area contributed by atoms with Gasteiger partial charge in [-0.15, -0.1) is 0 Å². The van der Waals surface area contributed by atoms with Gasteiger partial charge in [0.2, 0.25) is 5.89 Å². The highest BCUT2D eigenvalue weighted by Crippen LogP contribution is 2.31. The van der Waals surface area contributed by atoms with Crippen LogP contribution in [0, 0.1) is 5.92 Å². The van der Waals surface area contributed by atoms with Crippen molar-refractivity contribution in [1.29, 1.82) is 0 Å². The maximum Gasteiger partial charge on any atom is 0.244 e. The predicted molar refractivity (Wildman–Crippen MR) is 107 cm³/mol. The molecule has 2 saturated heterocycles. The summed E-state index contributed by atoms with van der Waals surface area (Å²) < 4.78 is 11.3. The minimum absolute atomic E-state index is 0.107. The Hall–Kier alpha value is -1.99. The summed E-state index contributed by atoms with van der Waals surface area (Å²) >= 11 is 0. The second-order valence-electron chi connectivity index (χ2n) is 8.19. The summed E-state index contributed by atoms with van der Waals surface area (Å²) in [6, 6.07) is 6.66. The van der Waals surface area contributed by atoms with Crippen LogP contribution in [-0.4, -0.2) is 47.5 Å². The average molecular weight is 386 g/mol. The molecule has 0 bridgehead atoms. The van der Waals surface area contributed by atoms with Crippen molar-refractivity contribution < 1.29 is 9.26 Å². The summed E-state index contributed by atoms with van der Waals surface area (Å²) in [5.41, 5.74) is 0. The summed E-state index contributed by atoms with van der Waals surface area (Å²) in [6.07, 6.45) is 6.10. The Balaban J connectivity index is 1.42. The van der Waals surface area contributed by atoms with Crippen LogP contribution in [0.3, 0.4) is 0 Å². The number of hydrogen-bond donors (Lipinski definition) is 1. The van der Waals surface area contributed by atoms with Crippen molar-refractivity contribution in [2.45, 2.75) is 57.5 Å². The third kappa shape index (κ3) is 4.52. The van der Waals surface area contributed by atoms with Crippen molar-refractivity contribution in [2.75, 3.05) is 31.2 Å². The van der Waals surface area contributed by atoms with E-state index in [0.717, 1.165) is 69.5 Å². The van der Waals surface area contributed by atoms with Crippen LogP contribution in [0.4, 0.5) is 5.82 Å². The standard InChI is InChI=1S/C21H31N5O2/c1-15(2)20-24-21(28-25-20)19(16-8-13-27-14-9-16)23-17-6-11-26(12-7-17)18-5-3-4-10-22-18/h3-5,10,15-17,19,23H,6-9,11-14H2,1-2H3/t19-/m1/s1. The summed E-state index contributed by atoms with van der Waals surface area (Å²) in [6.45, 7) is 7.84. The Morgan fingerprint density at radius 1 is 1.11 bits per heavy atom.